The van der Waals surface area contributed by atoms with E-state index in [9.17, 15) is 4.79 Å². The molecule has 3 atom stereocenters. The van der Waals surface area contributed by atoms with E-state index in [1.54, 1.807) is 18.2 Å². The second kappa shape index (κ2) is 5.06. The molecule has 2 aliphatic carbocycles. The van der Waals surface area contributed by atoms with Crippen LogP contribution in [-0.4, -0.2) is 18.9 Å². The van der Waals surface area contributed by atoms with Gasteiger partial charge in [0.05, 0.1) is 0 Å². The summed E-state index contributed by atoms with van der Waals surface area (Å²) in [4.78, 5) is 12.1. The van der Waals surface area contributed by atoms with Gasteiger partial charge in [-0.1, -0.05) is 6.42 Å². The first-order valence-corrected chi connectivity index (χ1v) is 7.53. The largest absolute Gasteiger partial charge is 0.454 e. The molecular formula is C16H18N2O3. The van der Waals surface area contributed by atoms with Gasteiger partial charge in [0.25, 0.3) is 5.91 Å². The van der Waals surface area contributed by atoms with Crippen LogP contribution in [0.15, 0.2) is 23.3 Å². The Hall–Kier alpha value is -2.04. The third-order valence-electron chi connectivity index (χ3n) is 4.86. The van der Waals surface area contributed by atoms with Gasteiger partial charge in [0.2, 0.25) is 6.79 Å². The maximum Gasteiger partial charge on any atom is 0.271 e. The van der Waals surface area contributed by atoms with E-state index >= 15 is 0 Å². The molecular weight excluding hydrogens is 268 g/mol. The van der Waals surface area contributed by atoms with Crippen LogP contribution in [0.3, 0.4) is 0 Å². The highest BCUT2D eigenvalue weighted by molar-refractivity contribution is 5.95. The Balaban J connectivity index is 1.37. The SMILES string of the molecule is O=C(N/N=C\[C@@H]1C[C@H]2CC[C@@H]1C2)c1ccc2c(c1)OCO2. The van der Waals surface area contributed by atoms with Crippen molar-refractivity contribution in [3.8, 4) is 11.5 Å². The van der Waals surface area contributed by atoms with Crippen molar-refractivity contribution in [3.05, 3.63) is 23.8 Å². The zero-order valence-corrected chi connectivity index (χ0v) is 11.7. The van der Waals surface area contributed by atoms with Crippen LogP contribution >= 0.6 is 0 Å². The van der Waals surface area contributed by atoms with E-state index in [-0.39, 0.29) is 12.7 Å². The topological polar surface area (TPSA) is 59.9 Å². The molecule has 2 saturated carbocycles. The van der Waals surface area contributed by atoms with Gasteiger partial charge in [-0.15, -0.1) is 0 Å². The van der Waals surface area contributed by atoms with Gasteiger partial charge in [-0.2, -0.15) is 5.10 Å². The fourth-order valence-electron chi connectivity index (χ4n) is 3.77. The van der Waals surface area contributed by atoms with E-state index < -0.39 is 0 Å². The third-order valence-corrected chi connectivity index (χ3v) is 4.86. The molecule has 2 fully saturated rings. The predicted molar refractivity (Wildman–Crippen MR) is 77.5 cm³/mol. The molecule has 110 valence electrons. The molecule has 1 aliphatic heterocycles. The molecule has 2 bridgehead atoms. The van der Waals surface area contributed by atoms with Crippen molar-refractivity contribution in [2.45, 2.75) is 25.7 Å². The Morgan fingerprint density at radius 2 is 2.14 bits per heavy atom. The molecule has 0 saturated heterocycles. The van der Waals surface area contributed by atoms with Gasteiger partial charge in [-0.25, -0.2) is 5.43 Å². The Bertz CT molecular complexity index is 599. The van der Waals surface area contributed by atoms with E-state index in [4.69, 9.17) is 9.47 Å². The second-order valence-corrected chi connectivity index (χ2v) is 6.13. The zero-order valence-electron chi connectivity index (χ0n) is 11.7. The van der Waals surface area contributed by atoms with Crippen molar-refractivity contribution < 1.29 is 14.3 Å². The summed E-state index contributed by atoms with van der Waals surface area (Å²) >= 11 is 0. The maximum absolute atomic E-state index is 12.1. The van der Waals surface area contributed by atoms with Crippen molar-refractivity contribution in [1.29, 1.82) is 0 Å². The summed E-state index contributed by atoms with van der Waals surface area (Å²) in [5, 5.41) is 4.15. The van der Waals surface area contributed by atoms with E-state index in [0.717, 1.165) is 11.8 Å². The van der Waals surface area contributed by atoms with E-state index in [2.05, 4.69) is 10.5 Å². The highest BCUT2D eigenvalue weighted by Crippen LogP contribution is 2.47. The molecule has 1 aromatic rings. The summed E-state index contributed by atoms with van der Waals surface area (Å²) in [5.41, 5.74) is 3.14. The summed E-state index contributed by atoms with van der Waals surface area (Å²) < 4.78 is 10.5. The minimum Gasteiger partial charge on any atom is -0.454 e. The van der Waals surface area contributed by atoms with Crippen LogP contribution in [0.25, 0.3) is 0 Å². The van der Waals surface area contributed by atoms with Gasteiger partial charge in [0, 0.05) is 11.8 Å². The van der Waals surface area contributed by atoms with Crippen molar-refractivity contribution in [2.75, 3.05) is 6.79 Å². The number of rotatable bonds is 3. The first-order chi connectivity index (χ1) is 10.3. The minimum absolute atomic E-state index is 0.211. The third kappa shape index (κ3) is 2.37. The number of ether oxygens (including phenoxy) is 2. The number of benzene rings is 1. The van der Waals surface area contributed by atoms with Gasteiger partial charge in [-0.3, -0.25) is 4.79 Å². The summed E-state index contributed by atoms with van der Waals surface area (Å²) in [5.74, 6) is 3.28. The lowest BCUT2D eigenvalue weighted by atomic mass is 9.90. The molecule has 4 rings (SSSR count). The van der Waals surface area contributed by atoms with Gasteiger partial charge < -0.3 is 9.47 Å². The maximum atomic E-state index is 12.1. The first-order valence-electron chi connectivity index (χ1n) is 7.53. The molecule has 0 aromatic heterocycles. The van der Waals surface area contributed by atoms with Crippen LogP contribution < -0.4 is 14.9 Å². The molecule has 0 unspecified atom stereocenters. The lowest BCUT2D eigenvalue weighted by Gasteiger charge is -2.16. The average molecular weight is 286 g/mol. The van der Waals surface area contributed by atoms with Crippen molar-refractivity contribution in [2.24, 2.45) is 22.9 Å². The van der Waals surface area contributed by atoms with Crippen LogP contribution in [-0.2, 0) is 0 Å². The van der Waals surface area contributed by atoms with Gasteiger partial charge in [-0.05, 0) is 55.2 Å². The molecule has 5 heteroatoms. The summed E-state index contributed by atoms with van der Waals surface area (Å²) in [7, 11) is 0. The van der Waals surface area contributed by atoms with Gasteiger partial charge >= 0.3 is 0 Å². The first kappa shape index (κ1) is 12.7. The number of nitrogens with zero attached hydrogens (tertiary/aromatic N) is 1. The second-order valence-electron chi connectivity index (χ2n) is 6.13. The van der Waals surface area contributed by atoms with Crippen molar-refractivity contribution in [3.63, 3.8) is 0 Å². The van der Waals surface area contributed by atoms with E-state index in [0.29, 0.717) is 23.0 Å². The molecule has 1 aromatic carbocycles. The van der Waals surface area contributed by atoms with Crippen LogP contribution in [0.4, 0.5) is 0 Å². The molecule has 3 aliphatic rings. The zero-order chi connectivity index (χ0) is 14.2. The van der Waals surface area contributed by atoms with Crippen LogP contribution in [0.5, 0.6) is 11.5 Å². The monoisotopic (exact) mass is 286 g/mol. The number of carbonyl (C=O) groups excluding carboxylic acids is 1. The predicted octanol–water partition coefficient (Wildman–Crippen LogP) is 2.57. The Morgan fingerprint density at radius 3 is 2.95 bits per heavy atom. The Labute approximate surface area is 123 Å². The molecule has 1 heterocycles. The number of amides is 1. The number of carbonyl (C=O) groups is 1. The fraction of sp³-hybridized carbons (Fsp3) is 0.500. The molecule has 1 amide bonds. The van der Waals surface area contributed by atoms with Crippen LogP contribution in [0.1, 0.15) is 36.0 Å². The molecule has 0 radical (unpaired) electrons. The quantitative estimate of drug-likeness (QED) is 0.686. The summed E-state index contributed by atoms with van der Waals surface area (Å²) in [6.45, 7) is 0.211. The smallest absolute Gasteiger partial charge is 0.271 e. The molecule has 1 N–H and O–H groups in total. The van der Waals surface area contributed by atoms with Gasteiger partial charge in [0.15, 0.2) is 11.5 Å². The standard InChI is InChI=1S/C16H18N2O3/c19-16(12-3-4-14-15(7-12)21-9-20-14)18-17-8-13-6-10-1-2-11(13)5-10/h3-4,7-8,10-11,13H,1-2,5-6,9H2,(H,18,19)/b17-8-/t10-,11+,13-/m0/s1. The molecule has 21 heavy (non-hydrogen) atoms. The number of hydrazone groups is 1. The van der Waals surface area contributed by atoms with Crippen LogP contribution in [0.2, 0.25) is 0 Å². The number of fused-ring (bicyclic) bond motifs is 3. The lowest BCUT2D eigenvalue weighted by Crippen LogP contribution is -2.20. The van der Waals surface area contributed by atoms with E-state index in [1.165, 1.54) is 25.7 Å². The molecule has 0 spiro atoms. The van der Waals surface area contributed by atoms with Crippen molar-refractivity contribution >= 4 is 12.1 Å². The summed E-state index contributed by atoms with van der Waals surface area (Å²) in [6.07, 6.45) is 7.19. The number of hydrogen-bond acceptors (Lipinski definition) is 4. The minimum atomic E-state index is -0.215. The fourth-order valence-corrected chi connectivity index (χ4v) is 3.77. The van der Waals surface area contributed by atoms with Crippen molar-refractivity contribution in [1.82, 2.24) is 5.43 Å². The average Bonchev–Trinajstić information content (AvgIpc) is 3.22. The highest BCUT2D eigenvalue weighted by atomic mass is 16.7. The highest BCUT2D eigenvalue weighted by Gasteiger charge is 2.38. The molecule has 5 nitrogen and oxygen atoms in total. The Morgan fingerprint density at radius 1 is 1.24 bits per heavy atom. The Kier molecular flexibility index (Phi) is 3.05. The van der Waals surface area contributed by atoms with Crippen LogP contribution in [0, 0.1) is 17.8 Å². The van der Waals surface area contributed by atoms with E-state index in [1.807, 2.05) is 6.21 Å². The normalized spacial score (nSPS) is 29.2. The van der Waals surface area contributed by atoms with Gasteiger partial charge in [0.1, 0.15) is 0 Å². The number of nitrogens with one attached hydrogen (secondary N) is 1. The lowest BCUT2D eigenvalue weighted by molar-refractivity contribution is 0.0954. The summed E-state index contributed by atoms with van der Waals surface area (Å²) in [6, 6.07) is 5.15. The number of hydrogen-bond donors (Lipinski definition) is 1.